The Morgan fingerprint density at radius 3 is 2.56 bits per heavy atom. The first-order chi connectivity index (χ1) is 8.45. The second-order valence-electron chi connectivity index (χ2n) is 4.04. The van der Waals surface area contributed by atoms with E-state index in [4.69, 9.17) is 5.11 Å². The SMILES string of the molecule is CCCN(CC(=O)O)C(=O)c1cnc(C)nc1C. The number of aromatic nitrogens is 2. The van der Waals surface area contributed by atoms with Gasteiger partial charge in [-0.15, -0.1) is 0 Å². The van der Waals surface area contributed by atoms with Crippen molar-refractivity contribution in [3.05, 3.63) is 23.3 Å². The predicted molar refractivity (Wildman–Crippen MR) is 65.3 cm³/mol. The summed E-state index contributed by atoms with van der Waals surface area (Å²) in [5, 5.41) is 8.79. The highest BCUT2D eigenvalue weighted by Crippen LogP contribution is 2.08. The molecule has 0 spiro atoms. The molecule has 0 atom stereocenters. The van der Waals surface area contributed by atoms with Gasteiger partial charge in [-0.05, 0) is 20.3 Å². The van der Waals surface area contributed by atoms with Gasteiger partial charge in [0.15, 0.2) is 0 Å². The number of aryl methyl sites for hydroxylation is 2. The van der Waals surface area contributed by atoms with E-state index in [1.807, 2.05) is 6.92 Å². The highest BCUT2D eigenvalue weighted by Gasteiger charge is 2.20. The lowest BCUT2D eigenvalue weighted by molar-refractivity contribution is -0.137. The van der Waals surface area contributed by atoms with Gasteiger partial charge in [-0.3, -0.25) is 9.59 Å². The zero-order valence-corrected chi connectivity index (χ0v) is 10.8. The fraction of sp³-hybridized carbons (Fsp3) is 0.500. The summed E-state index contributed by atoms with van der Waals surface area (Å²) >= 11 is 0. The van der Waals surface area contributed by atoms with Gasteiger partial charge in [0, 0.05) is 12.7 Å². The molecule has 0 radical (unpaired) electrons. The first-order valence-electron chi connectivity index (χ1n) is 5.77. The molecule has 6 heteroatoms. The fourth-order valence-electron chi connectivity index (χ4n) is 1.65. The first kappa shape index (κ1) is 14.1. The monoisotopic (exact) mass is 251 g/mol. The molecule has 0 fully saturated rings. The summed E-state index contributed by atoms with van der Waals surface area (Å²) < 4.78 is 0. The van der Waals surface area contributed by atoms with Gasteiger partial charge in [-0.1, -0.05) is 6.92 Å². The molecule has 1 amide bonds. The molecular formula is C12H17N3O3. The first-order valence-corrected chi connectivity index (χ1v) is 5.77. The van der Waals surface area contributed by atoms with Crippen LogP contribution >= 0.6 is 0 Å². The van der Waals surface area contributed by atoms with Crippen LogP contribution < -0.4 is 0 Å². The van der Waals surface area contributed by atoms with E-state index < -0.39 is 5.97 Å². The molecule has 0 saturated carbocycles. The van der Waals surface area contributed by atoms with E-state index in [1.165, 1.54) is 11.1 Å². The lowest BCUT2D eigenvalue weighted by atomic mass is 10.2. The summed E-state index contributed by atoms with van der Waals surface area (Å²) in [5.41, 5.74) is 0.925. The van der Waals surface area contributed by atoms with Crippen molar-refractivity contribution >= 4 is 11.9 Å². The summed E-state index contributed by atoms with van der Waals surface area (Å²) in [6.07, 6.45) is 2.15. The highest BCUT2D eigenvalue weighted by molar-refractivity contribution is 5.96. The molecule has 0 aliphatic carbocycles. The number of aliphatic carboxylic acids is 1. The van der Waals surface area contributed by atoms with Crippen LogP contribution in [0, 0.1) is 13.8 Å². The average Bonchev–Trinajstić information content (AvgIpc) is 2.27. The summed E-state index contributed by atoms with van der Waals surface area (Å²) in [6.45, 7) is 5.44. The summed E-state index contributed by atoms with van der Waals surface area (Å²) in [4.78, 5) is 32.3. The van der Waals surface area contributed by atoms with Crippen LogP contribution in [0.1, 0.15) is 35.2 Å². The largest absolute Gasteiger partial charge is 0.480 e. The molecule has 18 heavy (non-hydrogen) atoms. The van der Waals surface area contributed by atoms with Crippen LogP contribution in [0.4, 0.5) is 0 Å². The number of carboxylic acid groups (broad SMARTS) is 1. The van der Waals surface area contributed by atoms with Crippen LogP contribution in [-0.2, 0) is 4.79 Å². The molecule has 6 nitrogen and oxygen atoms in total. The van der Waals surface area contributed by atoms with Crippen molar-refractivity contribution < 1.29 is 14.7 Å². The molecule has 1 aromatic heterocycles. The number of carbonyl (C=O) groups excluding carboxylic acids is 1. The van der Waals surface area contributed by atoms with Gasteiger partial charge in [0.2, 0.25) is 0 Å². The Hall–Kier alpha value is -1.98. The number of nitrogens with zero attached hydrogens (tertiary/aromatic N) is 3. The van der Waals surface area contributed by atoms with Crippen molar-refractivity contribution in [3.63, 3.8) is 0 Å². The molecule has 1 aromatic rings. The number of hydrogen-bond donors (Lipinski definition) is 1. The molecule has 98 valence electrons. The summed E-state index contributed by atoms with van der Waals surface area (Å²) in [6, 6.07) is 0. The summed E-state index contributed by atoms with van der Waals surface area (Å²) in [7, 11) is 0. The minimum absolute atomic E-state index is 0.306. The maximum Gasteiger partial charge on any atom is 0.323 e. The van der Waals surface area contributed by atoms with Gasteiger partial charge >= 0.3 is 5.97 Å². The second-order valence-corrected chi connectivity index (χ2v) is 4.04. The Morgan fingerprint density at radius 1 is 1.39 bits per heavy atom. The highest BCUT2D eigenvalue weighted by atomic mass is 16.4. The van der Waals surface area contributed by atoms with Gasteiger partial charge < -0.3 is 10.0 Å². The smallest absolute Gasteiger partial charge is 0.323 e. The average molecular weight is 251 g/mol. The minimum Gasteiger partial charge on any atom is -0.480 e. The van der Waals surface area contributed by atoms with Crippen molar-refractivity contribution in [3.8, 4) is 0 Å². The van der Waals surface area contributed by atoms with Gasteiger partial charge in [-0.25, -0.2) is 9.97 Å². The Bertz CT molecular complexity index is 460. The Balaban J connectivity index is 2.97. The molecule has 1 N–H and O–H groups in total. The molecule has 0 aliphatic heterocycles. The van der Waals surface area contributed by atoms with Crippen molar-refractivity contribution in [2.24, 2.45) is 0 Å². The molecule has 0 unspecified atom stereocenters. The normalized spacial score (nSPS) is 10.2. The van der Waals surface area contributed by atoms with Crippen LogP contribution in [0.15, 0.2) is 6.20 Å². The zero-order chi connectivity index (χ0) is 13.7. The Labute approximate surface area is 106 Å². The minimum atomic E-state index is -1.03. The third-order valence-corrected chi connectivity index (χ3v) is 2.44. The van der Waals surface area contributed by atoms with Crippen molar-refractivity contribution in [2.75, 3.05) is 13.1 Å². The van der Waals surface area contributed by atoms with Gasteiger partial charge in [0.25, 0.3) is 5.91 Å². The van der Waals surface area contributed by atoms with E-state index in [-0.39, 0.29) is 12.5 Å². The third-order valence-electron chi connectivity index (χ3n) is 2.44. The van der Waals surface area contributed by atoms with Crippen molar-refractivity contribution in [1.29, 1.82) is 0 Å². The zero-order valence-electron chi connectivity index (χ0n) is 10.8. The van der Waals surface area contributed by atoms with Crippen LogP contribution in [0.5, 0.6) is 0 Å². The molecule has 0 aromatic carbocycles. The Morgan fingerprint density at radius 2 is 2.06 bits per heavy atom. The van der Waals surface area contributed by atoms with E-state index in [1.54, 1.807) is 13.8 Å². The molecular weight excluding hydrogens is 234 g/mol. The van der Waals surface area contributed by atoms with Crippen molar-refractivity contribution in [1.82, 2.24) is 14.9 Å². The van der Waals surface area contributed by atoms with Crippen LogP contribution in [0.2, 0.25) is 0 Å². The topological polar surface area (TPSA) is 83.4 Å². The molecule has 0 saturated heterocycles. The third kappa shape index (κ3) is 3.51. The van der Waals surface area contributed by atoms with E-state index in [0.717, 1.165) is 0 Å². The van der Waals surface area contributed by atoms with E-state index in [2.05, 4.69) is 9.97 Å². The molecule has 0 aliphatic rings. The number of carboxylic acids is 1. The maximum absolute atomic E-state index is 12.2. The van der Waals surface area contributed by atoms with Gasteiger partial charge in [-0.2, -0.15) is 0 Å². The van der Waals surface area contributed by atoms with Crippen LogP contribution in [0.3, 0.4) is 0 Å². The predicted octanol–water partition coefficient (Wildman–Crippen LogP) is 1.03. The van der Waals surface area contributed by atoms with Crippen molar-refractivity contribution in [2.45, 2.75) is 27.2 Å². The fourth-order valence-corrected chi connectivity index (χ4v) is 1.65. The lowest BCUT2D eigenvalue weighted by Crippen LogP contribution is -2.36. The van der Waals surface area contributed by atoms with E-state index in [9.17, 15) is 9.59 Å². The van der Waals surface area contributed by atoms with Gasteiger partial charge in [0.1, 0.15) is 12.4 Å². The number of carbonyl (C=O) groups is 2. The standard InChI is InChI=1S/C12H17N3O3/c1-4-5-15(7-11(16)17)12(18)10-6-13-9(3)14-8(10)2/h6H,4-5,7H2,1-3H3,(H,16,17). The molecule has 1 heterocycles. The maximum atomic E-state index is 12.2. The van der Waals surface area contributed by atoms with Crippen LogP contribution in [0.25, 0.3) is 0 Å². The quantitative estimate of drug-likeness (QED) is 0.845. The number of hydrogen-bond acceptors (Lipinski definition) is 4. The van der Waals surface area contributed by atoms with Gasteiger partial charge in [0.05, 0.1) is 11.3 Å². The molecule has 0 bridgehead atoms. The van der Waals surface area contributed by atoms with E-state index >= 15 is 0 Å². The number of amides is 1. The summed E-state index contributed by atoms with van der Waals surface area (Å²) in [5.74, 6) is -0.774. The number of rotatable bonds is 5. The van der Waals surface area contributed by atoms with E-state index in [0.29, 0.717) is 30.0 Å². The Kier molecular flexibility index (Phi) is 4.76. The van der Waals surface area contributed by atoms with Crippen LogP contribution in [-0.4, -0.2) is 44.9 Å². The second kappa shape index (κ2) is 6.09. The lowest BCUT2D eigenvalue weighted by Gasteiger charge is -2.20. The molecule has 1 rings (SSSR count).